The zero-order valence-corrected chi connectivity index (χ0v) is 9.09. The molecule has 0 aliphatic rings. The first-order valence-electron chi connectivity index (χ1n) is 4.83. The highest BCUT2D eigenvalue weighted by Gasteiger charge is 2.22. The molecule has 1 heterocycles. The molecule has 0 aliphatic carbocycles. The van der Waals surface area contributed by atoms with Crippen LogP contribution >= 0.6 is 0 Å². The fraction of sp³-hybridized carbons (Fsp3) is 0.200. The summed E-state index contributed by atoms with van der Waals surface area (Å²) in [5, 5.41) is 10.8. The number of rotatable bonds is 5. The van der Waals surface area contributed by atoms with E-state index in [-0.39, 0.29) is 5.56 Å². The number of carboxylic acid groups (broad SMARTS) is 1. The Labute approximate surface area is 101 Å². The van der Waals surface area contributed by atoms with Gasteiger partial charge in [-0.25, -0.2) is 9.78 Å². The summed E-state index contributed by atoms with van der Waals surface area (Å²) in [6, 6.07) is 0.666. The van der Waals surface area contributed by atoms with E-state index in [2.05, 4.69) is 10.3 Å². The van der Waals surface area contributed by atoms with Gasteiger partial charge in [0.1, 0.15) is 6.04 Å². The molecule has 1 atom stereocenters. The first-order valence-corrected chi connectivity index (χ1v) is 4.83. The highest BCUT2D eigenvalue weighted by Crippen LogP contribution is 2.01. The zero-order valence-electron chi connectivity index (χ0n) is 9.09. The van der Waals surface area contributed by atoms with Gasteiger partial charge >= 0.3 is 5.97 Å². The number of carboxylic acids is 1. The number of nitrogens with two attached hydrogens (primary N) is 1. The molecule has 96 valence electrons. The molecule has 0 saturated heterocycles. The van der Waals surface area contributed by atoms with Crippen molar-refractivity contribution in [1.29, 1.82) is 0 Å². The van der Waals surface area contributed by atoms with Crippen molar-refractivity contribution < 1.29 is 23.9 Å². The summed E-state index contributed by atoms with van der Waals surface area (Å²) >= 11 is 0. The number of amides is 2. The fourth-order valence-electron chi connectivity index (χ4n) is 1.15. The molecule has 0 spiro atoms. The van der Waals surface area contributed by atoms with Crippen LogP contribution in [-0.4, -0.2) is 33.9 Å². The van der Waals surface area contributed by atoms with Crippen molar-refractivity contribution in [1.82, 2.24) is 10.3 Å². The molecule has 0 aromatic carbocycles. The Morgan fingerprint density at radius 2 is 2.11 bits per heavy atom. The summed E-state index contributed by atoms with van der Waals surface area (Å²) in [7, 11) is 0. The Bertz CT molecular complexity index is 475. The third-order valence-corrected chi connectivity index (χ3v) is 2.00. The predicted octanol–water partition coefficient (Wildman–Crippen LogP) is -0.721. The van der Waals surface area contributed by atoms with Gasteiger partial charge in [-0.1, -0.05) is 0 Å². The van der Waals surface area contributed by atoms with Gasteiger partial charge in [0, 0.05) is 6.20 Å². The molecule has 2 amide bonds. The number of primary amides is 1. The normalized spacial score (nSPS) is 11.6. The van der Waals surface area contributed by atoms with Crippen molar-refractivity contribution >= 4 is 17.8 Å². The average Bonchev–Trinajstić information content (AvgIpc) is 2.28. The summed E-state index contributed by atoms with van der Waals surface area (Å²) in [5.74, 6) is -3.80. The van der Waals surface area contributed by atoms with Crippen molar-refractivity contribution in [2.75, 3.05) is 0 Å². The second-order valence-electron chi connectivity index (χ2n) is 3.40. The minimum Gasteiger partial charge on any atom is -0.480 e. The molecule has 0 radical (unpaired) electrons. The summed E-state index contributed by atoms with van der Waals surface area (Å²) < 4.78 is 12.5. The monoisotopic (exact) mass is 255 g/mol. The number of carbonyl (C=O) groups excluding carboxylic acids is 2. The number of aromatic nitrogens is 1. The lowest BCUT2D eigenvalue weighted by Crippen LogP contribution is -2.43. The summed E-state index contributed by atoms with van der Waals surface area (Å²) in [5.41, 5.74) is 4.83. The van der Waals surface area contributed by atoms with Crippen LogP contribution in [0.4, 0.5) is 4.39 Å². The van der Waals surface area contributed by atoms with Crippen LogP contribution in [-0.2, 0) is 9.59 Å². The third kappa shape index (κ3) is 3.81. The number of nitrogens with one attached hydrogen (secondary N) is 1. The third-order valence-electron chi connectivity index (χ3n) is 2.00. The lowest BCUT2D eigenvalue weighted by molar-refractivity contribution is -0.140. The van der Waals surface area contributed by atoms with Gasteiger partial charge in [-0.2, -0.15) is 4.39 Å². The summed E-state index contributed by atoms with van der Waals surface area (Å²) in [4.78, 5) is 36.2. The van der Waals surface area contributed by atoms with E-state index >= 15 is 0 Å². The number of nitrogens with zero attached hydrogens (tertiary/aromatic N) is 1. The Morgan fingerprint density at radius 3 is 2.56 bits per heavy atom. The van der Waals surface area contributed by atoms with Gasteiger partial charge < -0.3 is 16.2 Å². The average molecular weight is 255 g/mol. The van der Waals surface area contributed by atoms with Crippen LogP contribution in [0.5, 0.6) is 0 Å². The number of hydrogen-bond acceptors (Lipinski definition) is 4. The number of carbonyl (C=O) groups is 3. The Balaban J connectivity index is 2.75. The van der Waals surface area contributed by atoms with Gasteiger partial charge in [0.2, 0.25) is 11.9 Å². The minimum absolute atomic E-state index is 0.0212. The Morgan fingerprint density at radius 1 is 1.44 bits per heavy atom. The molecular weight excluding hydrogens is 245 g/mol. The van der Waals surface area contributed by atoms with Gasteiger partial charge in [0.15, 0.2) is 0 Å². The lowest BCUT2D eigenvalue weighted by atomic mass is 10.2. The van der Waals surface area contributed by atoms with Gasteiger partial charge in [-0.15, -0.1) is 0 Å². The van der Waals surface area contributed by atoms with Crippen LogP contribution in [0.25, 0.3) is 0 Å². The predicted molar refractivity (Wildman–Crippen MR) is 56.9 cm³/mol. The summed E-state index contributed by atoms with van der Waals surface area (Å²) in [6.45, 7) is 0. The number of hydrogen-bond donors (Lipinski definition) is 3. The van der Waals surface area contributed by atoms with Crippen LogP contribution < -0.4 is 11.1 Å². The van der Waals surface area contributed by atoms with Crippen molar-refractivity contribution in [3.05, 3.63) is 29.8 Å². The van der Waals surface area contributed by atoms with Crippen LogP contribution in [0.1, 0.15) is 16.8 Å². The standard InChI is InChI=1S/C10H10FN3O4/c11-7-2-1-5(4-13-7)9(16)14-6(10(17)18)3-8(12)15/h1-2,4,6H,3H2,(H2,12,15)(H,14,16)(H,17,18). The van der Waals surface area contributed by atoms with Crippen LogP contribution in [0, 0.1) is 5.95 Å². The largest absolute Gasteiger partial charge is 0.480 e. The van der Waals surface area contributed by atoms with Gasteiger partial charge in [0.25, 0.3) is 5.91 Å². The van der Waals surface area contributed by atoms with Gasteiger partial charge in [-0.05, 0) is 12.1 Å². The number of aliphatic carboxylic acids is 1. The highest BCUT2D eigenvalue weighted by atomic mass is 19.1. The van der Waals surface area contributed by atoms with E-state index < -0.39 is 36.2 Å². The molecule has 1 aromatic heterocycles. The first-order chi connectivity index (χ1) is 8.40. The van der Waals surface area contributed by atoms with E-state index in [9.17, 15) is 18.8 Å². The van der Waals surface area contributed by atoms with Crippen molar-refractivity contribution in [2.45, 2.75) is 12.5 Å². The van der Waals surface area contributed by atoms with E-state index in [0.717, 1.165) is 18.3 Å². The van der Waals surface area contributed by atoms with Crippen molar-refractivity contribution in [3.63, 3.8) is 0 Å². The molecule has 18 heavy (non-hydrogen) atoms. The smallest absolute Gasteiger partial charge is 0.326 e. The van der Waals surface area contributed by atoms with E-state index in [0.29, 0.717) is 0 Å². The first kappa shape index (κ1) is 13.6. The van der Waals surface area contributed by atoms with Crippen LogP contribution in [0.3, 0.4) is 0 Å². The molecule has 1 aromatic rings. The molecule has 0 bridgehead atoms. The maximum absolute atomic E-state index is 12.5. The quantitative estimate of drug-likeness (QED) is 0.599. The molecule has 1 unspecified atom stereocenters. The molecule has 4 N–H and O–H groups in total. The zero-order chi connectivity index (χ0) is 13.7. The second kappa shape index (κ2) is 5.71. The SMILES string of the molecule is NC(=O)CC(NC(=O)c1ccc(F)nc1)C(=O)O. The fourth-order valence-corrected chi connectivity index (χ4v) is 1.15. The molecular formula is C10H10FN3O4. The topological polar surface area (TPSA) is 122 Å². The minimum atomic E-state index is -1.43. The summed E-state index contributed by atoms with van der Waals surface area (Å²) in [6.07, 6.45) is 0.420. The highest BCUT2D eigenvalue weighted by molar-refractivity contribution is 5.97. The maximum atomic E-state index is 12.5. The van der Waals surface area contributed by atoms with E-state index in [4.69, 9.17) is 10.8 Å². The van der Waals surface area contributed by atoms with Gasteiger partial charge in [0.05, 0.1) is 12.0 Å². The van der Waals surface area contributed by atoms with Crippen LogP contribution in [0.2, 0.25) is 0 Å². The van der Waals surface area contributed by atoms with Crippen molar-refractivity contribution in [3.8, 4) is 0 Å². The Hall–Kier alpha value is -2.51. The maximum Gasteiger partial charge on any atom is 0.326 e. The molecule has 7 nitrogen and oxygen atoms in total. The Kier molecular flexibility index (Phi) is 4.30. The van der Waals surface area contributed by atoms with E-state index in [1.165, 1.54) is 0 Å². The molecule has 0 fully saturated rings. The van der Waals surface area contributed by atoms with E-state index in [1.54, 1.807) is 0 Å². The van der Waals surface area contributed by atoms with Crippen molar-refractivity contribution in [2.24, 2.45) is 5.73 Å². The molecule has 0 aliphatic heterocycles. The van der Waals surface area contributed by atoms with E-state index in [1.807, 2.05) is 0 Å². The molecule has 8 heteroatoms. The number of halogens is 1. The molecule has 0 saturated carbocycles. The molecule has 1 rings (SSSR count). The lowest BCUT2D eigenvalue weighted by Gasteiger charge is -2.12. The number of pyridine rings is 1. The van der Waals surface area contributed by atoms with Gasteiger partial charge in [-0.3, -0.25) is 9.59 Å². The van der Waals surface area contributed by atoms with Crippen LogP contribution in [0.15, 0.2) is 18.3 Å². The second-order valence-corrected chi connectivity index (χ2v) is 3.40.